The first kappa shape index (κ1) is 12.9. The van der Waals surface area contributed by atoms with Gasteiger partial charge in [-0.25, -0.2) is 4.98 Å². The Hall–Kier alpha value is -1.55. The standard InChI is InChI=1S/C13H17ClN4/c1-3-7-15-13-16-11(14)10-6-5-9-18(8-4-2)12(10)17-13/h3-4H,1-2,5-9H2,(H,15,16,17). The zero-order valence-electron chi connectivity index (χ0n) is 10.3. The van der Waals surface area contributed by atoms with Crippen molar-refractivity contribution in [2.75, 3.05) is 29.9 Å². The average Bonchev–Trinajstić information content (AvgIpc) is 2.38. The van der Waals surface area contributed by atoms with Gasteiger partial charge in [0.1, 0.15) is 11.0 Å². The zero-order chi connectivity index (χ0) is 13.0. The number of hydrogen-bond acceptors (Lipinski definition) is 4. The molecule has 2 rings (SSSR count). The summed E-state index contributed by atoms with van der Waals surface area (Å²) in [6.07, 6.45) is 5.65. The molecule has 1 N–H and O–H groups in total. The van der Waals surface area contributed by atoms with E-state index in [0.29, 0.717) is 17.6 Å². The van der Waals surface area contributed by atoms with Gasteiger partial charge in [0.25, 0.3) is 0 Å². The Labute approximate surface area is 112 Å². The summed E-state index contributed by atoms with van der Waals surface area (Å²) in [7, 11) is 0. The molecule has 0 aliphatic carbocycles. The molecule has 5 heteroatoms. The lowest BCUT2D eigenvalue weighted by Gasteiger charge is -2.29. The molecule has 1 aliphatic heterocycles. The monoisotopic (exact) mass is 264 g/mol. The summed E-state index contributed by atoms with van der Waals surface area (Å²) < 4.78 is 0. The van der Waals surface area contributed by atoms with Gasteiger partial charge in [-0.05, 0) is 12.8 Å². The summed E-state index contributed by atoms with van der Waals surface area (Å²) in [5.41, 5.74) is 1.04. The summed E-state index contributed by atoms with van der Waals surface area (Å²) in [6.45, 7) is 9.81. The number of halogens is 1. The van der Waals surface area contributed by atoms with Gasteiger partial charge >= 0.3 is 0 Å². The van der Waals surface area contributed by atoms with Gasteiger partial charge < -0.3 is 10.2 Å². The van der Waals surface area contributed by atoms with Crippen molar-refractivity contribution in [3.63, 3.8) is 0 Å². The van der Waals surface area contributed by atoms with Crippen LogP contribution >= 0.6 is 11.6 Å². The van der Waals surface area contributed by atoms with Crippen LogP contribution in [0.25, 0.3) is 0 Å². The molecule has 0 fully saturated rings. The maximum absolute atomic E-state index is 6.22. The van der Waals surface area contributed by atoms with E-state index in [1.165, 1.54) is 0 Å². The third-order valence-electron chi connectivity index (χ3n) is 2.84. The smallest absolute Gasteiger partial charge is 0.226 e. The molecule has 0 saturated carbocycles. The third kappa shape index (κ3) is 2.64. The molecule has 0 radical (unpaired) electrons. The highest BCUT2D eigenvalue weighted by molar-refractivity contribution is 6.30. The fraction of sp³-hybridized carbons (Fsp3) is 0.385. The Morgan fingerprint density at radius 1 is 1.33 bits per heavy atom. The molecule has 2 heterocycles. The van der Waals surface area contributed by atoms with E-state index in [4.69, 9.17) is 11.6 Å². The Kier molecular flexibility index (Phi) is 4.20. The molecule has 4 nitrogen and oxygen atoms in total. The Bertz CT molecular complexity index is 459. The van der Waals surface area contributed by atoms with Crippen molar-refractivity contribution in [1.82, 2.24) is 9.97 Å². The van der Waals surface area contributed by atoms with Gasteiger partial charge in [-0.3, -0.25) is 0 Å². The maximum Gasteiger partial charge on any atom is 0.226 e. The van der Waals surface area contributed by atoms with E-state index in [2.05, 4.69) is 33.3 Å². The first-order valence-electron chi connectivity index (χ1n) is 6.03. The molecular formula is C13H17ClN4. The molecule has 1 aromatic heterocycles. The molecule has 0 saturated heterocycles. The molecule has 0 aromatic carbocycles. The molecule has 0 spiro atoms. The lowest BCUT2D eigenvalue weighted by Crippen LogP contribution is -2.31. The van der Waals surface area contributed by atoms with Crippen molar-refractivity contribution >= 4 is 23.4 Å². The van der Waals surface area contributed by atoms with Crippen molar-refractivity contribution in [1.29, 1.82) is 0 Å². The van der Waals surface area contributed by atoms with Crippen LogP contribution in [-0.4, -0.2) is 29.6 Å². The first-order valence-corrected chi connectivity index (χ1v) is 6.41. The highest BCUT2D eigenvalue weighted by Gasteiger charge is 2.21. The van der Waals surface area contributed by atoms with E-state index in [9.17, 15) is 0 Å². The van der Waals surface area contributed by atoms with Crippen molar-refractivity contribution in [2.45, 2.75) is 12.8 Å². The van der Waals surface area contributed by atoms with Gasteiger partial charge in [0.15, 0.2) is 0 Å². The highest BCUT2D eigenvalue weighted by Crippen LogP contribution is 2.30. The topological polar surface area (TPSA) is 41.1 Å². The largest absolute Gasteiger partial charge is 0.352 e. The van der Waals surface area contributed by atoms with E-state index in [-0.39, 0.29) is 0 Å². The van der Waals surface area contributed by atoms with Crippen molar-refractivity contribution in [2.24, 2.45) is 0 Å². The lowest BCUT2D eigenvalue weighted by atomic mass is 10.1. The number of fused-ring (bicyclic) bond motifs is 1. The van der Waals surface area contributed by atoms with E-state index < -0.39 is 0 Å². The minimum atomic E-state index is 0.542. The second kappa shape index (κ2) is 5.87. The summed E-state index contributed by atoms with van der Waals surface area (Å²) in [5.74, 6) is 1.47. The molecular weight excluding hydrogens is 248 g/mol. The minimum Gasteiger partial charge on any atom is -0.352 e. The Morgan fingerprint density at radius 3 is 2.89 bits per heavy atom. The van der Waals surface area contributed by atoms with Crippen molar-refractivity contribution in [3.05, 3.63) is 36.0 Å². The van der Waals surface area contributed by atoms with Gasteiger partial charge in [-0.1, -0.05) is 23.8 Å². The fourth-order valence-corrected chi connectivity index (χ4v) is 2.31. The zero-order valence-corrected chi connectivity index (χ0v) is 11.1. The quantitative estimate of drug-likeness (QED) is 0.656. The maximum atomic E-state index is 6.22. The van der Waals surface area contributed by atoms with Gasteiger partial charge in [0.05, 0.1) is 0 Å². The molecule has 0 bridgehead atoms. The number of hydrogen-bond donors (Lipinski definition) is 1. The summed E-state index contributed by atoms with van der Waals surface area (Å²) in [5, 5.41) is 3.61. The lowest BCUT2D eigenvalue weighted by molar-refractivity contribution is 0.704. The van der Waals surface area contributed by atoms with Crippen LogP contribution in [0.1, 0.15) is 12.0 Å². The van der Waals surface area contributed by atoms with Gasteiger partial charge in [-0.15, -0.1) is 13.2 Å². The minimum absolute atomic E-state index is 0.542. The normalized spacial score (nSPS) is 13.9. The van der Waals surface area contributed by atoms with Gasteiger partial charge in [0, 0.05) is 25.2 Å². The number of rotatable bonds is 5. The summed E-state index contributed by atoms with van der Waals surface area (Å²) >= 11 is 6.22. The van der Waals surface area contributed by atoms with Crippen LogP contribution in [0.5, 0.6) is 0 Å². The Morgan fingerprint density at radius 2 is 2.17 bits per heavy atom. The van der Waals surface area contributed by atoms with E-state index in [0.717, 1.165) is 37.3 Å². The highest BCUT2D eigenvalue weighted by atomic mass is 35.5. The number of nitrogens with zero attached hydrogens (tertiary/aromatic N) is 3. The second-order valence-electron chi connectivity index (χ2n) is 4.15. The van der Waals surface area contributed by atoms with Gasteiger partial charge in [-0.2, -0.15) is 4.98 Å². The molecule has 1 aliphatic rings. The predicted molar refractivity (Wildman–Crippen MR) is 76.5 cm³/mol. The van der Waals surface area contributed by atoms with E-state index >= 15 is 0 Å². The third-order valence-corrected chi connectivity index (χ3v) is 3.16. The molecule has 96 valence electrons. The van der Waals surface area contributed by atoms with Crippen LogP contribution in [0.2, 0.25) is 5.15 Å². The average molecular weight is 265 g/mol. The first-order chi connectivity index (χ1) is 8.76. The van der Waals surface area contributed by atoms with Crippen LogP contribution in [0.3, 0.4) is 0 Å². The molecule has 0 amide bonds. The fourth-order valence-electron chi connectivity index (χ4n) is 2.05. The van der Waals surface area contributed by atoms with Gasteiger partial charge in [0.2, 0.25) is 5.95 Å². The molecule has 18 heavy (non-hydrogen) atoms. The van der Waals surface area contributed by atoms with Crippen LogP contribution in [0, 0.1) is 0 Å². The van der Waals surface area contributed by atoms with Crippen LogP contribution in [-0.2, 0) is 6.42 Å². The number of anilines is 2. The van der Waals surface area contributed by atoms with Crippen LogP contribution in [0.4, 0.5) is 11.8 Å². The second-order valence-corrected chi connectivity index (χ2v) is 4.51. The molecule has 0 atom stereocenters. The van der Waals surface area contributed by atoms with E-state index in [1.54, 1.807) is 6.08 Å². The van der Waals surface area contributed by atoms with Crippen LogP contribution in [0.15, 0.2) is 25.3 Å². The molecule has 0 unspecified atom stereocenters. The predicted octanol–water partition coefficient (Wildman–Crippen LogP) is 2.67. The number of nitrogens with one attached hydrogen (secondary N) is 1. The molecule has 1 aromatic rings. The number of aromatic nitrogens is 2. The van der Waals surface area contributed by atoms with Crippen LogP contribution < -0.4 is 10.2 Å². The van der Waals surface area contributed by atoms with E-state index in [1.807, 2.05) is 6.08 Å². The van der Waals surface area contributed by atoms with Crippen molar-refractivity contribution in [3.8, 4) is 0 Å². The Balaban J connectivity index is 2.34. The SMILES string of the molecule is C=CCNc1nc(Cl)c2c(n1)N(CC=C)CCC2. The summed E-state index contributed by atoms with van der Waals surface area (Å²) in [6, 6.07) is 0. The summed E-state index contributed by atoms with van der Waals surface area (Å²) in [4.78, 5) is 11.0. The van der Waals surface area contributed by atoms with Crippen molar-refractivity contribution < 1.29 is 0 Å².